The van der Waals surface area contributed by atoms with Crippen molar-refractivity contribution in [1.29, 1.82) is 0 Å². The summed E-state index contributed by atoms with van der Waals surface area (Å²) in [5, 5.41) is 0. The van der Waals surface area contributed by atoms with E-state index in [0.717, 1.165) is 19.3 Å². The van der Waals surface area contributed by atoms with Gasteiger partial charge < -0.3 is 14.5 Å². The summed E-state index contributed by atoms with van der Waals surface area (Å²) >= 11 is 0. The third-order valence-electron chi connectivity index (χ3n) is 6.28. The summed E-state index contributed by atoms with van der Waals surface area (Å²) in [5.74, 6) is -1.40. The number of carbonyl (C=O) groups excluding carboxylic acids is 4. The molecule has 166 valence electrons. The van der Waals surface area contributed by atoms with E-state index < -0.39 is 11.6 Å². The van der Waals surface area contributed by atoms with Crippen LogP contribution in [0.3, 0.4) is 0 Å². The first-order valence-electron chi connectivity index (χ1n) is 11.1. The standard InChI is InChI=1S/C23H29N3O5/c1-16(2)14-25-21(29)17-8-4-5-9-18(17)26-19(27)10-11-23(25,26)22(30)31-15-20(28)24-12-6-3-7-13-24/h4-5,8-9,16H,3,6-7,10-15H2,1-2H3/t23-/m1/s1. The maximum Gasteiger partial charge on any atom is 0.354 e. The normalized spacial score (nSPS) is 23.1. The van der Waals surface area contributed by atoms with Crippen molar-refractivity contribution < 1.29 is 23.9 Å². The molecule has 2 saturated heterocycles. The summed E-state index contributed by atoms with van der Waals surface area (Å²) in [6.45, 7) is 5.15. The third kappa shape index (κ3) is 3.58. The van der Waals surface area contributed by atoms with Crippen LogP contribution in [0, 0.1) is 5.92 Å². The maximum absolute atomic E-state index is 13.5. The zero-order valence-electron chi connectivity index (χ0n) is 18.1. The van der Waals surface area contributed by atoms with E-state index in [1.165, 1.54) is 9.80 Å². The SMILES string of the molecule is CC(C)CN1C(=O)c2ccccc2N2C(=O)CC[C@@]12C(=O)OCC(=O)N1CCCCC1. The van der Waals surface area contributed by atoms with Crippen LogP contribution < -0.4 is 4.90 Å². The van der Waals surface area contributed by atoms with Crippen molar-refractivity contribution in [1.82, 2.24) is 9.80 Å². The highest BCUT2D eigenvalue weighted by Gasteiger charge is 2.62. The van der Waals surface area contributed by atoms with Gasteiger partial charge in [-0.05, 0) is 37.3 Å². The minimum Gasteiger partial charge on any atom is -0.452 e. The second-order valence-corrected chi connectivity index (χ2v) is 8.89. The number of piperidine rings is 1. The average Bonchev–Trinajstić information content (AvgIpc) is 3.13. The van der Waals surface area contributed by atoms with Crippen LogP contribution in [0.2, 0.25) is 0 Å². The first-order valence-corrected chi connectivity index (χ1v) is 11.1. The zero-order chi connectivity index (χ0) is 22.2. The Bertz CT molecular complexity index is 908. The number of para-hydroxylation sites is 1. The summed E-state index contributed by atoms with van der Waals surface area (Å²) in [6, 6.07) is 6.84. The maximum atomic E-state index is 13.5. The predicted molar refractivity (Wildman–Crippen MR) is 113 cm³/mol. The van der Waals surface area contributed by atoms with Crippen LogP contribution in [0.5, 0.6) is 0 Å². The van der Waals surface area contributed by atoms with Crippen LogP contribution in [0.4, 0.5) is 5.69 Å². The second-order valence-electron chi connectivity index (χ2n) is 8.89. The van der Waals surface area contributed by atoms with Gasteiger partial charge in [0.2, 0.25) is 11.6 Å². The molecule has 0 radical (unpaired) electrons. The van der Waals surface area contributed by atoms with Gasteiger partial charge in [0.05, 0.1) is 11.3 Å². The number of amides is 3. The molecular formula is C23H29N3O5. The Morgan fingerprint density at radius 3 is 2.52 bits per heavy atom. The van der Waals surface area contributed by atoms with Gasteiger partial charge in [-0.25, -0.2) is 4.79 Å². The van der Waals surface area contributed by atoms with Crippen molar-refractivity contribution in [3.05, 3.63) is 29.8 Å². The predicted octanol–water partition coefficient (Wildman–Crippen LogP) is 2.18. The van der Waals surface area contributed by atoms with Crippen molar-refractivity contribution in [2.75, 3.05) is 31.1 Å². The molecule has 4 rings (SSSR count). The molecule has 8 nitrogen and oxygen atoms in total. The van der Waals surface area contributed by atoms with Gasteiger partial charge in [-0.15, -0.1) is 0 Å². The number of carbonyl (C=O) groups is 4. The average molecular weight is 428 g/mol. The van der Waals surface area contributed by atoms with Gasteiger partial charge in [-0.2, -0.15) is 0 Å². The first-order chi connectivity index (χ1) is 14.9. The lowest BCUT2D eigenvalue weighted by Crippen LogP contribution is -2.69. The molecule has 8 heteroatoms. The highest BCUT2D eigenvalue weighted by molar-refractivity contribution is 6.15. The molecular weight excluding hydrogens is 398 g/mol. The Morgan fingerprint density at radius 1 is 1.10 bits per heavy atom. The quantitative estimate of drug-likeness (QED) is 0.672. The van der Waals surface area contributed by atoms with Gasteiger partial charge in [-0.1, -0.05) is 26.0 Å². The van der Waals surface area contributed by atoms with Crippen molar-refractivity contribution in [3.8, 4) is 0 Å². The number of fused-ring (bicyclic) bond motifs is 3. The van der Waals surface area contributed by atoms with Gasteiger partial charge in [-0.3, -0.25) is 19.3 Å². The number of esters is 1. The number of rotatable bonds is 5. The fourth-order valence-corrected chi connectivity index (χ4v) is 4.84. The monoisotopic (exact) mass is 427 g/mol. The highest BCUT2D eigenvalue weighted by Crippen LogP contribution is 2.45. The molecule has 3 amide bonds. The molecule has 0 spiro atoms. The molecule has 3 aliphatic heterocycles. The summed E-state index contributed by atoms with van der Waals surface area (Å²) < 4.78 is 5.51. The van der Waals surface area contributed by atoms with Crippen molar-refractivity contribution in [2.24, 2.45) is 5.92 Å². The Kier molecular flexibility index (Phi) is 5.73. The molecule has 0 unspecified atom stereocenters. The van der Waals surface area contributed by atoms with Crippen molar-refractivity contribution >= 4 is 29.4 Å². The van der Waals surface area contributed by atoms with Gasteiger partial charge in [0.1, 0.15) is 0 Å². The lowest BCUT2D eigenvalue weighted by molar-refractivity contribution is -0.162. The second kappa shape index (κ2) is 8.32. The van der Waals surface area contributed by atoms with Crippen molar-refractivity contribution in [3.63, 3.8) is 0 Å². The fourth-order valence-electron chi connectivity index (χ4n) is 4.84. The fraction of sp³-hybridized carbons (Fsp3) is 0.565. The van der Waals surface area contributed by atoms with Crippen LogP contribution in [-0.4, -0.2) is 65.4 Å². The van der Waals surface area contributed by atoms with E-state index in [2.05, 4.69) is 0 Å². The zero-order valence-corrected chi connectivity index (χ0v) is 18.1. The Hall–Kier alpha value is -2.90. The van der Waals surface area contributed by atoms with Crippen LogP contribution in [-0.2, 0) is 19.1 Å². The van der Waals surface area contributed by atoms with Gasteiger partial charge in [0.25, 0.3) is 11.8 Å². The van der Waals surface area contributed by atoms with Gasteiger partial charge in [0.15, 0.2) is 6.61 Å². The van der Waals surface area contributed by atoms with Gasteiger partial charge >= 0.3 is 5.97 Å². The van der Waals surface area contributed by atoms with Crippen LogP contribution in [0.1, 0.15) is 56.3 Å². The molecule has 1 atom stereocenters. The van der Waals surface area contributed by atoms with E-state index >= 15 is 0 Å². The molecule has 3 heterocycles. The molecule has 2 fully saturated rings. The number of ether oxygens (including phenoxy) is 1. The third-order valence-corrected chi connectivity index (χ3v) is 6.28. The number of likely N-dealkylation sites (tertiary alicyclic amines) is 1. The lowest BCUT2D eigenvalue weighted by atomic mass is 9.95. The van der Waals surface area contributed by atoms with E-state index in [-0.39, 0.29) is 43.1 Å². The smallest absolute Gasteiger partial charge is 0.354 e. The number of benzene rings is 1. The molecule has 3 aliphatic rings. The van der Waals surface area contributed by atoms with Gasteiger partial charge in [0, 0.05) is 32.5 Å². The summed E-state index contributed by atoms with van der Waals surface area (Å²) in [7, 11) is 0. The summed E-state index contributed by atoms with van der Waals surface area (Å²) in [4.78, 5) is 57.0. The molecule has 31 heavy (non-hydrogen) atoms. The molecule has 0 N–H and O–H groups in total. The van der Waals surface area contributed by atoms with Crippen LogP contribution >= 0.6 is 0 Å². The summed E-state index contributed by atoms with van der Waals surface area (Å²) in [6.07, 6.45) is 3.26. The number of hydrogen-bond acceptors (Lipinski definition) is 5. The Labute approximate surface area is 182 Å². The minimum absolute atomic E-state index is 0.0754. The summed E-state index contributed by atoms with van der Waals surface area (Å²) in [5.41, 5.74) is -0.727. The van der Waals surface area contributed by atoms with E-state index in [1.54, 1.807) is 29.2 Å². The van der Waals surface area contributed by atoms with E-state index in [9.17, 15) is 19.2 Å². The van der Waals surface area contributed by atoms with E-state index in [0.29, 0.717) is 30.9 Å². The largest absolute Gasteiger partial charge is 0.452 e. The molecule has 1 aromatic rings. The number of nitrogens with zero attached hydrogens (tertiary/aromatic N) is 3. The lowest BCUT2D eigenvalue weighted by Gasteiger charge is -2.48. The first kappa shape index (κ1) is 21.3. The molecule has 0 aromatic heterocycles. The van der Waals surface area contributed by atoms with Crippen molar-refractivity contribution in [2.45, 2.75) is 51.6 Å². The molecule has 0 saturated carbocycles. The Balaban J connectivity index is 1.66. The molecule has 1 aromatic carbocycles. The topological polar surface area (TPSA) is 87.2 Å². The van der Waals surface area contributed by atoms with Crippen LogP contribution in [0.15, 0.2) is 24.3 Å². The Morgan fingerprint density at radius 2 is 1.81 bits per heavy atom. The number of anilines is 1. The van der Waals surface area contributed by atoms with E-state index in [1.807, 2.05) is 13.8 Å². The number of hydrogen-bond donors (Lipinski definition) is 0. The molecule has 0 aliphatic carbocycles. The minimum atomic E-state index is -1.55. The van der Waals surface area contributed by atoms with E-state index in [4.69, 9.17) is 4.74 Å². The molecule has 0 bridgehead atoms. The van der Waals surface area contributed by atoms with Crippen LogP contribution in [0.25, 0.3) is 0 Å². The highest BCUT2D eigenvalue weighted by atomic mass is 16.5.